The highest BCUT2D eigenvalue weighted by Crippen LogP contribution is 2.38. The van der Waals surface area contributed by atoms with Crippen LogP contribution in [0.25, 0.3) is 0 Å². The number of aliphatic hydroxyl groups is 1. The number of benzene rings is 2. The summed E-state index contributed by atoms with van der Waals surface area (Å²) in [7, 11) is -4.29. The molecule has 9 heteroatoms. The summed E-state index contributed by atoms with van der Waals surface area (Å²) in [4.78, 5) is -0.216. The van der Waals surface area contributed by atoms with Gasteiger partial charge >= 0.3 is 6.18 Å². The molecule has 0 bridgehead atoms. The van der Waals surface area contributed by atoms with Gasteiger partial charge in [-0.15, -0.1) is 0 Å². The van der Waals surface area contributed by atoms with E-state index in [4.69, 9.17) is 4.74 Å². The maximum absolute atomic E-state index is 13.5. The van der Waals surface area contributed by atoms with Gasteiger partial charge in [-0.25, -0.2) is 13.1 Å². The number of hydrogen-bond donors (Lipinski definition) is 2. The lowest BCUT2D eigenvalue weighted by Crippen LogP contribution is -2.51. The molecule has 0 saturated heterocycles. The van der Waals surface area contributed by atoms with E-state index in [1.54, 1.807) is 6.92 Å². The Morgan fingerprint density at radius 3 is 2.29 bits per heavy atom. The zero-order chi connectivity index (χ0) is 21.0. The van der Waals surface area contributed by atoms with Crippen LogP contribution in [-0.2, 0) is 15.6 Å². The Hall–Kier alpha value is -2.10. The minimum atomic E-state index is -5.08. The molecule has 0 spiro atoms. The summed E-state index contributed by atoms with van der Waals surface area (Å²) in [5, 5.41) is 10.3. The molecule has 1 unspecified atom stereocenters. The number of sulfonamides is 1. The lowest BCUT2D eigenvalue weighted by atomic mass is 9.93. The second kappa shape index (κ2) is 8.50. The van der Waals surface area contributed by atoms with E-state index in [2.05, 4.69) is 0 Å². The second-order valence-electron chi connectivity index (χ2n) is 6.32. The summed E-state index contributed by atoms with van der Waals surface area (Å²) in [5.41, 5.74) is -3.28. The van der Waals surface area contributed by atoms with Gasteiger partial charge in [0.15, 0.2) is 5.60 Å². The molecule has 0 radical (unpaired) electrons. The van der Waals surface area contributed by atoms with Gasteiger partial charge < -0.3 is 9.84 Å². The quantitative estimate of drug-likeness (QED) is 0.689. The van der Waals surface area contributed by atoms with E-state index in [0.717, 1.165) is 18.6 Å². The van der Waals surface area contributed by atoms with Crippen LogP contribution in [0.5, 0.6) is 5.75 Å². The molecule has 5 nitrogen and oxygen atoms in total. The molecule has 2 rings (SSSR count). The normalized spacial score (nSPS) is 14.5. The fourth-order valence-corrected chi connectivity index (χ4v) is 3.67. The van der Waals surface area contributed by atoms with Crippen molar-refractivity contribution < 1.29 is 31.4 Å². The predicted octanol–water partition coefficient (Wildman–Crippen LogP) is 3.51. The number of rotatable bonds is 8. The molecular weight excluding hydrogens is 395 g/mol. The van der Waals surface area contributed by atoms with Gasteiger partial charge in [-0.2, -0.15) is 13.2 Å². The van der Waals surface area contributed by atoms with Gasteiger partial charge in [-0.1, -0.05) is 37.3 Å². The Morgan fingerprint density at radius 2 is 1.75 bits per heavy atom. The number of aryl methyl sites for hydroxylation is 1. The highest BCUT2D eigenvalue weighted by atomic mass is 32.2. The third-order valence-corrected chi connectivity index (χ3v) is 5.56. The van der Waals surface area contributed by atoms with Gasteiger partial charge in [0.1, 0.15) is 5.75 Å². The molecule has 0 saturated carbocycles. The van der Waals surface area contributed by atoms with Crippen LogP contribution in [0.4, 0.5) is 13.2 Å². The fraction of sp³-hybridized carbons (Fsp3) is 0.368. The van der Waals surface area contributed by atoms with Crippen LogP contribution in [-0.4, -0.2) is 32.9 Å². The van der Waals surface area contributed by atoms with E-state index >= 15 is 0 Å². The zero-order valence-electron chi connectivity index (χ0n) is 15.5. The molecule has 0 heterocycles. The Morgan fingerprint density at radius 1 is 1.11 bits per heavy atom. The summed E-state index contributed by atoms with van der Waals surface area (Å²) in [6, 6.07) is 10.3. The third-order valence-electron chi connectivity index (χ3n) is 4.16. The summed E-state index contributed by atoms with van der Waals surface area (Å²) in [5.74, 6) is 0.497. The van der Waals surface area contributed by atoms with Crippen LogP contribution < -0.4 is 9.46 Å². The molecule has 2 N–H and O–H groups in total. The molecule has 2 aromatic rings. The van der Waals surface area contributed by atoms with Crippen LogP contribution in [0.15, 0.2) is 53.4 Å². The third kappa shape index (κ3) is 4.84. The highest BCUT2D eigenvalue weighted by Gasteiger charge is 2.55. The largest absolute Gasteiger partial charge is 0.493 e. The number of alkyl halides is 3. The number of ether oxygens (including phenoxy) is 1. The monoisotopic (exact) mass is 417 g/mol. The SMILES string of the molecule is CCCOc1ccc(S(=O)(=O)NCC(O)(c2ccccc2)C(F)(F)F)cc1C. The Balaban J connectivity index is 2.27. The van der Waals surface area contributed by atoms with E-state index in [0.29, 0.717) is 17.9 Å². The van der Waals surface area contributed by atoms with Gasteiger partial charge in [-0.05, 0) is 42.7 Å². The van der Waals surface area contributed by atoms with Crippen molar-refractivity contribution in [1.82, 2.24) is 4.72 Å². The average Bonchev–Trinajstić information content (AvgIpc) is 2.65. The summed E-state index contributed by atoms with van der Waals surface area (Å²) in [6.45, 7) is 2.77. The molecule has 0 amide bonds. The number of hydrogen-bond acceptors (Lipinski definition) is 4. The first kappa shape index (κ1) is 22.2. The first-order chi connectivity index (χ1) is 13.0. The van der Waals surface area contributed by atoms with E-state index in [-0.39, 0.29) is 4.90 Å². The van der Waals surface area contributed by atoms with E-state index in [9.17, 15) is 26.7 Å². The molecule has 28 heavy (non-hydrogen) atoms. The maximum atomic E-state index is 13.5. The van der Waals surface area contributed by atoms with Crippen molar-refractivity contribution in [2.75, 3.05) is 13.2 Å². The van der Waals surface area contributed by atoms with Crippen LogP contribution in [0.3, 0.4) is 0 Å². The van der Waals surface area contributed by atoms with Crippen molar-refractivity contribution in [1.29, 1.82) is 0 Å². The van der Waals surface area contributed by atoms with Crippen LogP contribution in [0.2, 0.25) is 0 Å². The van der Waals surface area contributed by atoms with Crippen molar-refractivity contribution in [3.05, 3.63) is 59.7 Å². The predicted molar refractivity (Wildman–Crippen MR) is 98.5 cm³/mol. The number of halogens is 3. The summed E-state index contributed by atoms with van der Waals surface area (Å²) >= 11 is 0. The van der Waals surface area contributed by atoms with Crippen LogP contribution in [0.1, 0.15) is 24.5 Å². The average molecular weight is 417 g/mol. The highest BCUT2D eigenvalue weighted by molar-refractivity contribution is 7.89. The van der Waals surface area contributed by atoms with Crippen molar-refractivity contribution in [3.8, 4) is 5.75 Å². The van der Waals surface area contributed by atoms with Gasteiger partial charge in [0.25, 0.3) is 0 Å². The van der Waals surface area contributed by atoms with Gasteiger partial charge in [0.2, 0.25) is 10.0 Å². The van der Waals surface area contributed by atoms with E-state index in [1.807, 2.05) is 11.6 Å². The van der Waals surface area contributed by atoms with Crippen molar-refractivity contribution in [2.24, 2.45) is 0 Å². The van der Waals surface area contributed by atoms with Crippen molar-refractivity contribution >= 4 is 10.0 Å². The topological polar surface area (TPSA) is 75.6 Å². The molecule has 0 aliphatic heterocycles. The lowest BCUT2D eigenvalue weighted by Gasteiger charge is -2.31. The van der Waals surface area contributed by atoms with E-state index < -0.39 is 33.9 Å². The first-order valence-electron chi connectivity index (χ1n) is 8.59. The Kier molecular flexibility index (Phi) is 6.74. The van der Waals surface area contributed by atoms with E-state index in [1.165, 1.54) is 36.4 Å². The van der Waals surface area contributed by atoms with Gasteiger partial charge in [-0.3, -0.25) is 0 Å². The molecule has 154 valence electrons. The standard InChI is InChI=1S/C19H22F3NO4S/c1-3-11-27-17-10-9-16(12-14(17)2)28(25,26)23-13-18(24,19(20,21)22)15-7-5-4-6-8-15/h4-10,12,23-24H,3,11,13H2,1-2H3. The zero-order valence-corrected chi connectivity index (χ0v) is 16.3. The lowest BCUT2D eigenvalue weighted by molar-refractivity contribution is -0.263. The van der Waals surface area contributed by atoms with Gasteiger partial charge in [0.05, 0.1) is 18.0 Å². The minimum absolute atomic E-state index is 0.216. The second-order valence-corrected chi connectivity index (χ2v) is 8.09. The fourth-order valence-electron chi connectivity index (χ4n) is 2.53. The Labute approximate surface area is 162 Å². The van der Waals surface area contributed by atoms with Crippen molar-refractivity contribution in [2.45, 2.75) is 36.9 Å². The smallest absolute Gasteiger partial charge is 0.422 e. The van der Waals surface area contributed by atoms with Crippen LogP contribution >= 0.6 is 0 Å². The minimum Gasteiger partial charge on any atom is -0.493 e. The van der Waals surface area contributed by atoms with Crippen LogP contribution in [0, 0.1) is 6.92 Å². The molecule has 0 fully saturated rings. The van der Waals surface area contributed by atoms with Crippen molar-refractivity contribution in [3.63, 3.8) is 0 Å². The molecule has 1 atom stereocenters. The molecule has 2 aromatic carbocycles. The molecule has 0 aliphatic carbocycles. The summed E-state index contributed by atoms with van der Waals surface area (Å²) < 4.78 is 72.8. The Bertz CT molecular complexity index is 901. The summed E-state index contributed by atoms with van der Waals surface area (Å²) in [6.07, 6.45) is -4.30. The maximum Gasteiger partial charge on any atom is 0.422 e. The first-order valence-corrected chi connectivity index (χ1v) is 10.1. The number of nitrogens with one attached hydrogen (secondary N) is 1. The molecular formula is C19H22F3NO4S. The molecule has 0 aromatic heterocycles. The van der Waals surface area contributed by atoms with Gasteiger partial charge in [0, 0.05) is 0 Å². The molecule has 0 aliphatic rings.